The Kier molecular flexibility index (Phi) is 6.17. The summed E-state index contributed by atoms with van der Waals surface area (Å²) >= 11 is 11.8. The van der Waals surface area contributed by atoms with Gasteiger partial charge in [-0.2, -0.15) is 13.2 Å². The Morgan fingerprint density at radius 3 is 2.14 bits per heavy atom. The maximum atomic E-state index is 13.9. The van der Waals surface area contributed by atoms with Gasteiger partial charge in [0.2, 0.25) is 0 Å². The number of ketones is 1. The molecule has 4 nitrogen and oxygen atoms in total. The summed E-state index contributed by atoms with van der Waals surface area (Å²) in [6.07, 6.45) is -4.52. The Bertz CT molecular complexity index is 1360. The third-order valence-electron chi connectivity index (χ3n) is 6.72. The second-order valence-corrected chi connectivity index (χ2v) is 9.79. The number of rotatable bonds is 5. The normalized spacial score (nSPS) is 17.8. The molecule has 0 saturated heterocycles. The zero-order valence-corrected chi connectivity index (χ0v) is 20.1. The third-order valence-corrected chi connectivity index (χ3v) is 7.16. The Morgan fingerprint density at radius 1 is 0.944 bits per heavy atom. The molecule has 0 saturated carbocycles. The van der Waals surface area contributed by atoms with Crippen LogP contribution in [0.3, 0.4) is 0 Å². The van der Waals surface area contributed by atoms with E-state index >= 15 is 0 Å². The smallest absolute Gasteiger partial charge is 0.294 e. The van der Waals surface area contributed by atoms with E-state index in [4.69, 9.17) is 23.2 Å². The molecular weight excluding hydrogens is 514 g/mol. The molecule has 2 atom stereocenters. The minimum absolute atomic E-state index is 0.0518. The summed E-state index contributed by atoms with van der Waals surface area (Å²) in [5.74, 6) is -3.50. The highest BCUT2D eigenvalue weighted by molar-refractivity contribution is 6.34. The molecule has 0 bridgehead atoms. The van der Waals surface area contributed by atoms with Crippen molar-refractivity contribution in [3.63, 3.8) is 0 Å². The summed E-state index contributed by atoms with van der Waals surface area (Å²) < 4.78 is 41.6. The molecule has 5 rings (SSSR count). The van der Waals surface area contributed by atoms with Gasteiger partial charge in [0.1, 0.15) is 0 Å². The predicted octanol–water partition coefficient (Wildman–Crippen LogP) is 7.20. The second-order valence-electron chi connectivity index (χ2n) is 8.92. The van der Waals surface area contributed by atoms with Crippen LogP contribution in [-0.2, 0) is 6.42 Å². The fraction of sp³-hybridized carbons (Fsp3) is 0.222. The van der Waals surface area contributed by atoms with Crippen LogP contribution >= 0.6 is 23.2 Å². The van der Waals surface area contributed by atoms with E-state index in [1.807, 2.05) is 0 Å². The number of imide groups is 1. The van der Waals surface area contributed by atoms with E-state index in [0.717, 1.165) is 23.3 Å². The average molecular weight is 532 g/mol. The lowest BCUT2D eigenvalue weighted by Gasteiger charge is -2.23. The third kappa shape index (κ3) is 4.31. The molecule has 1 unspecified atom stereocenters. The average Bonchev–Trinajstić information content (AvgIpc) is 3.34. The highest BCUT2D eigenvalue weighted by Crippen LogP contribution is 2.42. The van der Waals surface area contributed by atoms with Gasteiger partial charge in [-0.05, 0) is 65.9 Å². The predicted molar refractivity (Wildman–Crippen MR) is 129 cm³/mol. The van der Waals surface area contributed by atoms with Crippen LogP contribution in [0.4, 0.5) is 13.2 Å². The first-order valence-corrected chi connectivity index (χ1v) is 12.0. The Balaban J connectivity index is 1.40. The SMILES string of the molecule is O=C(C[C@@H](c1cc(Cl)cc(Cl)c1)C(F)(F)F)c1ccc2c(c1)CCC2N1C(=O)c2ccccc2C1=O. The lowest BCUT2D eigenvalue weighted by atomic mass is 9.90. The molecule has 2 aliphatic rings. The molecule has 2 amide bonds. The van der Waals surface area contributed by atoms with Crippen LogP contribution in [0.2, 0.25) is 10.0 Å². The highest BCUT2D eigenvalue weighted by atomic mass is 35.5. The minimum Gasteiger partial charge on any atom is -0.294 e. The number of Topliss-reactive ketones (excluding diaryl/α,β-unsaturated/α-hetero) is 1. The molecular formula is C27H18Cl2F3NO3. The van der Waals surface area contributed by atoms with Crippen LogP contribution in [0.1, 0.15) is 72.6 Å². The van der Waals surface area contributed by atoms with Gasteiger partial charge in [-0.25, -0.2) is 0 Å². The molecule has 1 heterocycles. The zero-order valence-electron chi connectivity index (χ0n) is 18.6. The monoisotopic (exact) mass is 531 g/mol. The largest absolute Gasteiger partial charge is 0.396 e. The quantitative estimate of drug-likeness (QED) is 0.258. The molecule has 0 N–H and O–H groups in total. The second kappa shape index (κ2) is 9.05. The van der Waals surface area contributed by atoms with E-state index in [1.54, 1.807) is 36.4 Å². The van der Waals surface area contributed by atoms with E-state index < -0.39 is 30.3 Å². The summed E-state index contributed by atoms with van der Waals surface area (Å²) in [6, 6.07) is 14.4. The number of alkyl halides is 3. The molecule has 36 heavy (non-hydrogen) atoms. The van der Waals surface area contributed by atoms with Crippen molar-refractivity contribution < 1.29 is 27.6 Å². The van der Waals surface area contributed by atoms with Gasteiger partial charge in [0.05, 0.1) is 23.1 Å². The van der Waals surface area contributed by atoms with Crippen molar-refractivity contribution in [2.45, 2.75) is 37.4 Å². The molecule has 184 valence electrons. The number of hydrogen-bond donors (Lipinski definition) is 0. The van der Waals surface area contributed by atoms with Crippen LogP contribution < -0.4 is 0 Å². The van der Waals surface area contributed by atoms with E-state index in [9.17, 15) is 27.6 Å². The van der Waals surface area contributed by atoms with Crippen molar-refractivity contribution in [1.29, 1.82) is 0 Å². The number of aryl methyl sites for hydroxylation is 1. The van der Waals surface area contributed by atoms with Crippen molar-refractivity contribution in [2.24, 2.45) is 0 Å². The summed E-state index contributed by atoms with van der Waals surface area (Å²) in [7, 11) is 0. The Hall–Kier alpha value is -3.16. The van der Waals surface area contributed by atoms with Crippen molar-refractivity contribution in [3.05, 3.63) is 104 Å². The Morgan fingerprint density at radius 2 is 1.56 bits per heavy atom. The van der Waals surface area contributed by atoms with Gasteiger partial charge in [-0.15, -0.1) is 0 Å². The first kappa shape index (κ1) is 24.5. The van der Waals surface area contributed by atoms with E-state index in [1.165, 1.54) is 17.0 Å². The number of benzene rings is 3. The standard InChI is InChI=1S/C27H18Cl2F3NO3/c28-17-10-16(11-18(29)12-17)22(27(30,31)32)13-24(34)15-5-7-19-14(9-15)6-8-23(19)33-25(35)20-3-1-2-4-21(20)26(33)36/h1-5,7,9-12,22-23H,6,8,13H2/t22-,23?/m0/s1. The van der Waals surface area contributed by atoms with Crippen LogP contribution in [0.25, 0.3) is 0 Å². The number of carbonyl (C=O) groups is 3. The molecule has 0 aromatic heterocycles. The van der Waals surface area contributed by atoms with Gasteiger partial charge in [0.15, 0.2) is 5.78 Å². The van der Waals surface area contributed by atoms with Gasteiger partial charge < -0.3 is 0 Å². The van der Waals surface area contributed by atoms with Gasteiger partial charge in [0, 0.05) is 22.0 Å². The van der Waals surface area contributed by atoms with Crippen molar-refractivity contribution in [1.82, 2.24) is 4.90 Å². The molecule has 3 aromatic carbocycles. The van der Waals surface area contributed by atoms with Crippen LogP contribution in [0.5, 0.6) is 0 Å². The first-order valence-electron chi connectivity index (χ1n) is 11.2. The fourth-order valence-corrected chi connectivity index (χ4v) is 5.57. The Labute approximate surface area is 214 Å². The first-order chi connectivity index (χ1) is 17.0. The lowest BCUT2D eigenvalue weighted by molar-refractivity contribution is -0.149. The number of hydrogen-bond acceptors (Lipinski definition) is 3. The number of fused-ring (bicyclic) bond motifs is 2. The van der Waals surface area contributed by atoms with Gasteiger partial charge in [0.25, 0.3) is 11.8 Å². The van der Waals surface area contributed by atoms with E-state index in [-0.39, 0.29) is 33.0 Å². The fourth-order valence-electron chi connectivity index (χ4n) is 5.03. The van der Waals surface area contributed by atoms with Gasteiger partial charge in [-0.1, -0.05) is 47.5 Å². The van der Waals surface area contributed by atoms with Crippen LogP contribution in [0.15, 0.2) is 60.7 Å². The molecule has 0 fully saturated rings. The molecule has 0 radical (unpaired) electrons. The maximum absolute atomic E-state index is 13.9. The topological polar surface area (TPSA) is 54.5 Å². The van der Waals surface area contributed by atoms with Crippen molar-refractivity contribution >= 4 is 40.8 Å². The number of carbonyl (C=O) groups excluding carboxylic acids is 3. The number of amides is 2. The molecule has 3 aromatic rings. The molecule has 1 aliphatic heterocycles. The maximum Gasteiger partial charge on any atom is 0.396 e. The highest BCUT2D eigenvalue weighted by Gasteiger charge is 2.44. The van der Waals surface area contributed by atoms with Crippen molar-refractivity contribution in [3.8, 4) is 0 Å². The van der Waals surface area contributed by atoms with Crippen molar-refractivity contribution in [2.75, 3.05) is 0 Å². The summed E-state index contributed by atoms with van der Waals surface area (Å²) in [5, 5.41) is 0.104. The van der Waals surface area contributed by atoms with Gasteiger partial charge in [-0.3, -0.25) is 19.3 Å². The molecule has 0 spiro atoms. The van der Waals surface area contributed by atoms with Gasteiger partial charge >= 0.3 is 6.18 Å². The zero-order chi connectivity index (χ0) is 25.8. The van der Waals surface area contributed by atoms with Crippen LogP contribution in [-0.4, -0.2) is 28.7 Å². The number of halogens is 5. The molecule has 1 aliphatic carbocycles. The summed E-state index contributed by atoms with van der Waals surface area (Å²) in [5.41, 5.74) is 2.11. The molecule has 9 heteroatoms. The van der Waals surface area contributed by atoms with E-state index in [0.29, 0.717) is 24.0 Å². The van der Waals surface area contributed by atoms with Crippen LogP contribution in [0, 0.1) is 0 Å². The summed E-state index contributed by atoms with van der Waals surface area (Å²) in [4.78, 5) is 40.0. The minimum atomic E-state index is -4.68. The van der Waals surface area contributed by atoms with E-state index in [2.05, 4.69) is 0 Å². The summed E-state index contributed by atoms with van der Waals surface area (Å²) in [6.45, 7) is 0. The lowest BCUT2D eigenvalue weighted by Crippen LogP contribution is -2.33. The number of nitrogens with zero attached hydrogens (tertiary/aromatic N) is 1.